The van der Waals surface area contributed by atoms with E-state index in [2.05, 4.69) is 24.1 Å². The van der Waals surface area contributed by atoms with Crippen LogP contribution in [-0.4, -0.2) is 15.6 Å². The molecule has 1 N–H and O–H groups in total. The molecule has 0 radical (unpaired) electrons. The van der Waals surface area contributed by atoms with Crippen molar-refractivity contribution in [3.63, 3.8) is 0 Å². The van der Waals surface area contributed by atoms with Crippen LogP contribution in [0.4, 0.5) is 18.3 Å². The molecule has 3 rings (SSSR count). The predicted octanol–water partition coefficient (Wildman–Crippen LogP) is 6.45. The number of hydrogen-bond acceptors (Lipinski definition) is 3. The topological polar surface area (TPSA) is 29.9 Å². The number of anilines is 1. The summed E-state index contributed by atoms with van der Waals surface area (Å²) in [5, 5.41) is 6.18. The summed E-state index contributed by atoms with van der Waals surface area (Å²) in [6, 6.07) is 7.70. The lowest BCUT2D eigenvalue weighted by Crippen LogP contribution is -2.12. The average Bonchev–Trinajstić information content (AvgIpc) is 3.18. The monoisotopic (exact) mass is 393 g/mol. The molecular weight excluding hydrogens is 371 g/mol. The first kappa shape index (κ1) is 19.5. The van der Waals surface area contributed by atoms with Gasteiger partial charge in [0.2, 0.25) is 0 Å². The first-order valence-electron chi connectivity index (χ1n) is 8.79. The Labute approximate surface area is 160 Å². The van der Waals surface area contributed by atoms with Crippen LogP contribution in [0, 0.1) is 13.8 Å². The SMILES string of the molecule is CC[C@@H](C)Nc1nc(-c2cc(C)n(-c3cccc(C(F)(F)F)c3)c2C)cs1. The third-order valence-electron chi connectivity index (χ3n) is 4.63. The van der Waals surface area contributed by atoms with Gasteiger partial charge < -0.3 is 9.88 Å². The van der Waals surface area contributed by atoms with E-state index in [1.54, 1.807) is 6.07 Å². The van der Waals surface area contributed by atoms with Gasteiger partial charge in [0.15, 0.2) is 5.13 Å². The van der Waals surface area contributed by atoms with Gasteiger partial charge in [-0.2, -0.15) is 13.2 Å². The Kier molecular flexibility index (Phi) is 5.33. The molecule has 0 saturated heterocycles. The second-order valence-corrected chi connectivity index (χ2v) is 7.52. The highest BCUT2D eigenvalue weighted by Gasteiger charge is 2.30. The van der Waals surface area contributed by atoms with E-state index in [0.717, 1.165) is 40.3 Å². The number of rotatable bonds is 5. The Morgan fingerprint density at radius 2 is 1.96 bits per heavy atom. The number of halogens is 3. The number of benzene rings is 1. The van der Waals surface area contributed by atoms with Crippen molar-refractivity contribution in [1.82, 2.24) is 9.55 Å². The van der Waals surface area contributed by atoms with Crippen LogP contribution >= 0.6 is 11.3 Å². The van der Waals surface area contributed by atoms with Gasteiger partial charge in [-0.15, -0.1) is 11.3 Å². The van der Waals surface area contributed by atoms with E-state index in [-0.39, 0.29) is 0 Å². The standard InChI is InChI=1S/C20H22F3N3S/c1-5-12(2)24-19-25-18(11-27-19)17-9-13(3)26(14(17)4)16-8-6-7-15(10-16)20(21,22)23/h6-12H,5H2,1-4H3,(H,24,25)/t12-/m1/s1. The van der Waals surface area contributed by atoms with E-state index in [1.807, 2.05) is 29.9 Å². The first-order valence-corrected chi connectivity index (χ1v) is 9.67. The maximum Gasteiger partial charge on any atom is 0.416 e. The molecule has 0 fully saturated rings. The lowest BCUT2D eigenvalue weighted by atomic mass is 10.2. The van der Waals surface area contributed by atoms with E-state index >= 15 is 0 Å². The molecular formula is C20H22F3N3S. The molecule has 7 heteroatoms. The predicted molar refractivity (Wildman–Crippen MR) is 105 cm³/mol. The van der Waals surface area contributed by atoms with Gasteiger partial charge >= 0.3 is 6.18 Å². The highest BCUT2D eigenvalue weighted by molar-refractivity contribution is 7.14. The largest absolute Gasteiger partial charge is 0.416 e. The molecule has 0 amide bonds. The molecule has 0 unspecified atom stereocenters. The molecule has 1 aromatic carbocycles. The Morgan fingerprint density at radius 1 is 1.22 bits per heavy atom. The summed E-state index contributed by atoms with van der Waals surface area (Å²) >= 11 is 1.53. The van der Waals surface area contributed by atoms with Crippen LogP contribution in [0.15, 0.2) is 35.7 Å². The second-order valence-electron chi connectivity index (χ2n) is 6.66. The van der Waals surface area contributed by atoms with Crippen LogP contribution in [0.3, 0.4) is 0 Å². The fraction of sp³-hybridized carbons (Fsp3) is 0.350. The lowest BCUT2D eigenvalue weighted by Gasteiger charge is -2.13. The molecule has 3 aromatic rings. The Balaban J connectivity index is 1.99. The summed E-state index contributed by atoms with van der Waals surface area (Å²) in [5.41, 5.74) is 3.34. The van der Waals surface area contributed by atoms with E-state index in [0.29, 0.717) is 11.7 Å². The van der Waals surface area contributed by atoms with Gasteiger partial charge in [-0.05, 0) is 51.5 Å². The number of aryl methyl sites for hydroxylation is 1. The van der Waals surface area contributed by atoms with Gasteiger partial charge in [-0.1, -0.05) is 13.0 Å². The maximum atomic E-state index is 13.1. The van der Waals surface area contributed by atoms with Gasteiger partial charge in [-0.3, -0.25) is 0 Å². The van der Waals surface area contributed by atoms with Crippen LogP contribution in [0.25, 0.3) is 16.9 Å². The normalized spacial score (nSPS) is 13.0. The third-order valence-corrected chi connectivity index (χ3v) is 5.40. The van der Waals surface area contributed by atoms with Crippen molar-refractivity contribution in [2.24, 2.45) is 0 Å². The van der Waals surface area contributed by atoms with E-state index in [9.17, 15) is 13.2 Å². The van der Waals surface area contributed by atoms with Gasteiger partial charge in [0.05, 0.1) is 11.3 Å². The molecule has 1 atom stereocenters. The molecule has 27 heavy (non-hydrogen) atoms. The number of alkyl halides is 3. The quantitative estimate of drug-likeness (QED) is 0.540. The van der Waals surface area contributed by atoms with Crippen molar-refractivity contribution in [3.05, 3.63) is 52.7 Å². The van der Waals surface area contributed by atoms with Gasteiger partial charge in [0.25, 0.3) is 0 Å². The molecule has 144 valence electrons. The fourth-order valence-corrected chi connectivity index (χ4v) is 3.84. The van der Waals surface area contributed by atoms with Crippen LogP contribution in [0.2, 0.25) is 0 Å². The average molecular weight is 393 g/mol. The minimum Gasteiger partial charge on any atom is -0.359 e. The lowest BCUT2D eigenvalue weighted by molar-refractivity contribution is -0.137. The highest BCUT2D eigenvalue weighted by atomic mass is 32.1. The van der Waals surface area contributed by atoms with E-state index in [4.69, 9.17) is 0 Å². The number of thiazole rings is 1. The minimum absolute atomic E-state index is 0.335. The maximum absolute atomic E-state index is 13.1. The molecule has 2 heterocycles. The fourth-order valence-electron chi connectivity index (χ4n) is 3.02. The Morgan fingerprint density at radius 3 is 2.63 bits per heavy atom. The Hall–Kier alpha value is -2.28. The van der Waals surface area contributed by atoms with Crippen LogP contribution in [-0.2, 0) is 6.18 Å². The molecule has 0 aliphatic rings. The zero-order valence-electron chi connectivity index (χ0n) is 15.7. The van der Waals surface area contributed by atoms with E-state index in [1.165, 1.54) is 23.5 Å². The first-order chi connectivity index (χ1) is 12.7. The smallest absolute Gasteiger partial charge is 0.359 e. The second kappa shape index (κ2) is 7.38. The van der Waals surface area contributed by atoms with E-state index < -0.39 is 11.7 Å². The molecule has 0 aliphatic heterocycles. The number of hydrogen-bond donors (Lipinski definition) is 1. The van der Waals surface area contributed by atoms with Gasteiger partial charge in [0, 0.05) is 34.1 Å². The van der Waals surface area contributed by atoms with Gasteiger partial charge in [0.1, 0.15) is 0 Å². The summed E-state index contributed by atoms with van der Waals surface area (Å²) in [7, 11) is 0. The molecule has 0 bridgehead atoms. The number of nitrogens with zero attached hydrogens (tertiary/aromatic N) is 2. The summed E-state index contributed by atoms with van der Waals surface area (Å²) in [6.45, 7) is 8.00. The van der Waals surface area contributed by atoms with Crippen LogP contribution in [0.1, 0.15) is 37.2 Å². The van der Waals surface area contributed by atoms with Crippen LogP contribution in [0.5, 0.6) is 0 Å². The summed E-state index contributed by atoms with van der Waals surface area (Å²) in [6.07, 6.45) is -3.36. The summed E-state index contributed by atoms with van der Waals surface area (Å²) < 4.78 is 41.0. The molecule has 0 saturated carbocycles. The molecule has 2 aromatic heterocycles. The van der Waals surface area contributed by atoms with Crippen molar-refractivity contribution < 1.29 is 13.2 Å². The van der Waals surface area contributed by atoms with Crippen molar-refractivity contribution in [2.75, 3.05) is 5.32 Å². The zero-order valence-corrected chi connectivity index (χ0v) is 16.5. The minimum atomic E-state index is -4.36. The summed E-state index contributed by atoms with van der Waals surface area (Å²) in [5.74, 6) is 0. The molecule has 3 nitrogen and oxygen atoms in total. The molecule has 0 spiro atoms. The number of nitrogens with one attached hydrogen (secondary N) is 1. The molecule has 0 aliphatic carbocycles. The van der Waals surface area contributed by atoms with Crippen molar-refractivity contribution in [3.8, 4) is 16.9 Å². The van der Waals surface area contributed by atoms with Crippen molar-refractivity contribution in [1.29, 1.82) is 0 Å². The van der Waals surface area contributed by atoms with Crippen molar-refractivity contribution in [2.45, 2.75) is 46.3 Å². The Bertz CT molecular complexity index is 940. The third kappa shape index (κ3) is 4.03. The highest BCUT2D eigenvalue weighted by Crippen LogP contribution is 2.34. The number of aromatic nitrogens is 2. The summed E-state index contributed by atoms with van der Waals surface area (Å²) in [4.78, 5) is 4.65. The van der Waals surface area contributed by atoms with Crippen molar-refractivity contribution >= 4 is 16.5 Å². The zero-order chi connectivity index (χ0) is 19.8. The van der Waals surface area contributed by atoms with Crippen LogP contribution < -0.4 is 5.32 Å². The van der Waals surface area contributed by atoms with Gasteiger partial charge in [-0.25, -0.2) is 4.98 Å².